The topological polar surface area (TPSA) is 114 Å². The summed E-state index contributed by atoms with van der Waals surface area (Å²) in [5.41, 5.74) is 2.69. The molecular formula is C33H45N3O6. The summed E-state index contributed by atoms with van der Waals surface area (Å²) in [5.74, 6) is -1.00. The highest BCUT2D eigenvalue weighted by atomic mass is 16.6. The van der Waals surface area contributed by atoms with E-state index < -0.39 is 35.7 Å². The second kappa shape index (κ2) is 14.3. The van der Waals surface area contributed by atoms with Gasteiger partial charge in [0.2, 0.25) is 11.8 Å². The molecule has 2 N–H and O–H groups in total. The molecule has 1 aliphatic rings. The van der Waals surface area contributed by atoms with Crippen LogP contribution in [0.2, 0.25) is 0 Å². The van der Waals surface area contributed by atoms with Crippen LogP contribution < -0.4 is 10.6 Å². The Bertz CT molecular complexity index is 1240. The van der Waals surface area contributed by atoms with Crippen molar-refractivity contribution in [2.45, 2.75) is 91.5 Å². The van der Waals surface area contributed by atoms with E-state index in [1.165, 1.54) is 0 Å². The Morgan fingerprint density at radius 2 is 1.64 bits per heavy atom. The SMILES string of the molecule is CCOC(=O)CCNC(=O)C(c1cc(C)cc(C)c1)N(C(=O)C(Cc1ccccc1)NC(=O)OC(C)(C)C)C1CC1C. The molecule has 0 bridgehead atoms. The van der Waals surface area contributed by atoms with Crippen molar-refractivity contribution >= 4 is 23.9 Å². The van der Waals surface area contributed by atoms with E-state index in [0.29, 0.717) is 5.56 Å². The summed E-state index contributed by atoms with van der Waals surface area (Å²) in [6.07, 6.45) is 0.264. The van der Waals surface area contributed by atoms with Crippen LogP contribution in [0.4, 0.5) is 4.79 Å². The molecule has 0 radical (unpaired) electrons. The van der Waals surface area contributed by atoms with Gasteiger partial charge in [-0.1, -0.05) is 66.6 Å². The summed E-state index contributed by atoms with van der Waals surface area (Å²) in [4.78, 5) is 54.9. The molecule has 228 valence electrons. The number of hydrogen-bond acceptors (Lipinski definition) is 6. The lowest BCUT2D eigenvalue weighted by Crippen LogP contribution is -2.54. The standard InChI is InChI=1S/C33H45N3O6/c1-8-41-28(37)14-15-34-30(38)29(25-17-21(2)16-22(3)18-25)36(27-19-23(27)4)31(39)26(20-24-12-10-9-11-13-24)35-32(40)42-33(5,6)7/h9-13,16-18,23,26-27,29H,8,14-15,19-20H2,1-7H3,(H,34,38)(H,35,40). The Morgan fingerprint density at radius 1 is 1.02 bits per heavy atom. The van der Waals surface area contributed by atoms with Gasteiger partial charge < -0.3 is 25.0 Å². The highest BCUT2D eigenvalue weighted by Gasteiger charge is 2.48. The molecule has 2 aromatic carbocycles. The molecular weight excluding hydrogens is 534 g/mol. The van der Waals surface area contributed by atoms with Gasteiger partial charge in [0.25, 0.3) is 0 Å². The highest BCUT2D eigenvalue weighted by molar-refractivity contribution is 5.93. The highest BCUT2D eigenvalue weighted by Crippen LogP contribution is 2.41. The number of nitrogens with zero attached hydrogens (tertiary/aromatic N) is 1. The lowest BCUT2D eigenvalue weighted by Gasteiger charge is -2.35. The van der Waals surface area contributed by atoms with Crippen LogP contribution in [-0.4, -0.2) is 59.6 Å². The van der Waals surface area contributed by atoms with Crippen molar-refractivity contribution in [3.8, 4) is 0 Å². The Balaban J connectivity index is 2.01. The molecule has 3 amide bonds. The number of amides is 3. The van der Waals surface area contributed by atoms with Crippen LogP contribution in [0, 0.1) is 19.8 Å². The molecule has 0 aliphatic heterocycles. The van der Waals surface area contributed by atoms with Crippen LogP contribution in [0.3, 0.4) is 0 Å². The summed E-state index contributed by atoms with van der Waals surface area (Å²) in [6, 6.07) is 13.1. The zero-order valence-corrected chi connectivity index (χ0v) is 25.9. The fourth-order valence-electron chi connectivity index (χ4n) is 5.08. The third kappa shape index (κ3) is 9.60. The molecule has 4 unspecified atom stereocenters. The maximum absolute atomic E-state index is 14.5. The van der Waals surface area contributed by atoms with E-state index in [9.17, 15) is 19.2 Å². The molecule has 2 aromatic rings. The van der Waals surface area contributed by atoms with Crippen LogP contribution in [0.15, 0.2) is 48.5 Å². The van der Waals surface area contributed by atoms with Gasteiger partial charge in [-0.05, 0) is 65.0 Å². The summed E-state index contributed by atoms with van der Waals surface area (Å²) in [7, 11) is 0. The van der Waals surface area contributed by atoms with Gasteiger partial charge in [0.05, 0.1) is 13.0 Å². The minimum Gasteiger partial charge on any atom is -0.466 e. The van der Waals surface area contributed by atoms with E-state index in [-0.39, 0.29) is 43.9 Å². The Morgan fingerprint density at radius 3 is 2.19 bits per heavy atom. The van der Waals surface area contributed by atoms with Gasteiger partial charge in [-0.15, -0.1) is 0 Å². The summed E-state index contributed by atoms with van der Waals surface area (Å²) < 4.78 is 10.5. The zero-order chi connectivity index (χ0) is 31.0. The maximum Gasteiger partial charge on any atom is 0.408 e. The van der Waals surface area contributed by atoms with Crippen LogP contribution in [0.25, 0.3) is 0 Å². The third-order valence-electron chi connectivity index (χ3n) is 6.97. The number of rotatable bonds is 12. The molecule has 1 fully saturated rings. The average Bonchev–Trinajstić information content (AvgIpc) is 3.61. The van der Waals surface area contributed by atoms with Gasteiger partial charge >= 0.3 is 12.1 Å². The van der Waals surface area contributed by atoms with E-state index in [0.717, 1.165) is 23.1 Å². The fourth-order valence-corrected chi connectivity index (χ4v) is 5.08. The van der Waals surface area contributed by atoms with Gasteiger partial charge in [0.1, 0.15) is 17.7 Å². The molecule has 0 aromatic heterocycles. The largest absolute Gasteiger partial charge is 0.466 e. The molecule has 4 atom stereocenters. The molecule has 42 heavy (non-hydrogen) atoms. The van der Waals surface area contributed by atoms with Crippen molar-refractivity contribution < 1.29 is 28.7 Å². The first kappa shape index (κ1) is 32.6. The quantitative estimate of drug-likeness (QED) is 0.350. The number of esters is 1. The van der Waals surface area contributed by atoms with Gasteiger partial charge in [-0.3, -0.25) is 14.4 Å². The smallest absolute Gasteiger partial charge is 0.408 e. The van der Waals surface area contributed by atoms with E-state index in [4.69, 9.17) is 9.47 Å². The maximum atomic E-state index is 14.5. The van der Waals surface area contributed by atoms with Crippen LogP contribution in [-0.2, 0) is 30.3 Å². The molecule has 1 saturated carbocycles. The molecule has 3 rings (SSSR count). The van der Waals surface area contributed by atoms with Gasteiger partial charge in [0.15, 0.2) is 0 Å². The minimum atomic E-state index is -0.976. The first-order valence-corrected chi connectivity index (χ1v) is 14.7. The first-order chi connectivity index (χ1) is 19.8. The normalized spacial score (nSPS) is 17.4. The van der Waals surface area contributed by atoms with Gasteiger partial charge in [-0.2, -0.15) is 0 Å². The Hall–Kier alpha value is -3.88. The van der Waals surface area contributed by atoms with Crippen molar-refractivity contribution in [2.75, 3.05) is 13.2 Å². The van der Waals surface area contributed by atoms with E-state index in [2.05, 4.69) is 10.6 Å². The van der Waals surface area contributed by atoms with Crippen molar-refractivity contribution in [1.82, 2.24) is 15.5 Å². The number of carbonyl (C=O) groups excluding carboxylic acids is 4. The van der Waals surface area contributed by atoms with Crippen LogP contribution >= 0.6 is 0 Å². The summed E-state index contributed by atoms with van der Waals surface area (Å²) in [6.45, 7) is 13.3. The predicted octanol–water partition coefficient (Wildman–Crippen LogP) is 4.79. The number of ether oxygens (including phenoxy) is 2. The second-order valence-electron chi connectivity index (χ2n) is 12.1. The molecule has 0 heterocycles. The first-order valence-electron chi connectivity index (χ1n) is 14.7. The molecule has 1 aliphatic carbocycles. The van der Waals surface area contributed by atoms with Gasteiger partial charge in [-0.25, -0.2) is 4.79 Å². The van der Waals surface area contributed by atoms with Gasteiger partial charge in [0, 0.05) is 19.0 Å². The molecule has 0 saturated heterocycles. The third-order valence-corrected chi connectivity index (χ3v) is 6.97. The van der Waals surface area contributed by atoms with Crippen molar-refractivity contribution in [1.29, 1.82) is 0 Å². The summed E-state index contributed by atoms with van der Waals surface area (Å²) in [5, 5.41) is 5.65. The number of hydrogen-bond donors (Lipinski definition) is 2. The number of benzene rings is 2. The monoisotopic (exact) mass is 579 g/mol. The Labute approximate surface area is 249 Å². The lowest BCUT2D eigenvalue weighted by atomic mass is 9.97. The van der Waals surface area contributed by atoms with Crippen molar-refractivity contribution in [3.05, 3.63) is 70.8 Å². The predicted molar refractivity (Wildman–Crippen MR) is 161 cm³/mol. The molecule has 0 spiro atoms. The number of aryl methyl sites for hydroxylation is 2. The number of nitrogens with one attached hydrogen (secondary N) is 2. The molecule has 9 heteroatoms. The van der Waals surface area contributed by atoms with Crippen molar-refractivity contribution in [2.24, 2.45) is 5.92 Å². The van der Waals surface area contributed by atoms with Crippen LogP contribution in [0.1, 0.15) is 75.8 Å². The molecule has 9 nitrogen and oxygen atoms in total. The minimum absolute atomic E-state index is 0.0176. The summed E-state index contributed by atoms with van der Waals surface area (Å²) >= 11 is 0. The van der Waals surface area contributed by atoms with E-state index in [1.807, 2.05) is 69.3 Å². The van der Waals surface area contributed by atoms with Crippen LogP contribution in [0.5, 0.6) is 0 Å². The Kier molecular flexibility index (Phi) is 11.1. The average molecular weight is 580 g/mol. The van der Waals surface area contributed by atoms with E-state index in [1.54, 1.807) is 32.6 Å². The zero-order valence-electron chi connectivity index (χ0n) is 25.9. The number of carbonyl (C=O) groups is 4. The second-order valence-corrected chi connectivity index (χ2v) is 12.1. The van der Waals surface area contributed by atoms with Crippen molar-refractivity contribution in [3.63, 3.8) is 0 Å². The number of alkyl carbamates (subject to hydrolysis) is 1. The fraction of sp³-hybridized carbons (Fsp3) is 0.515. The lowest BCUT2D eigenvalue weighted by molar-refractivity contribution is -0.145. The van der Waals surface area contributed by atoms with E-state index >= 15 is 0 Å².